The highest BCUT2D eigenvalue weighted by atomic mass is 32.2. The number of hydrogen-bond acceptors (Lipinski definition) is 5. The molecule has 3 unspecified atom stereocenters. The maximum Gasteiger partial charge on any atom is 0.333 e. The maximum atomic E-state index is 9.02. The Bertz CT molecular complexity index is 351. The Kier molecular flexibility index (Phi) is 3.76. The Morgan fingerprint density at radius 3 is 2.67 bits per heavy atom. The molecule has 0 saturated carbocycles. The first-order valence-electron chi connectivity index (χ1n) is 6.32. The van der Waals surface area contributed by atoms with Gasteiger partial charge in [0.2, 0.25) is 0 Å². The van der Waals surface area contributed by atoms with Crippen LogP contribution in [0, 0.1) is 5.41 Å². The highest BCUT2D eigenvalue weighted by Crippen LogP contribution is 2.50. The Morgan fingerprint density at radius 1 is 1.33 bits per heavy atom. The minimum Gasteiger partial charge on any atom is -0.449 e. The number of hydrogen-bond donors (Lipinski definition) is 1. The number of fused-ring (bicyclic) bond motifs is 1. The molecule has 0 amide bonds. The van der Waals surface area contributed by atoms with Crippen molar-refractivity contribution in [1.29, 1.82) is 0 Å². The fourth-order valence-electron chi connectivity index (χ4n) is 2.51. The molecule has 3 aliphatic heterocycles. The molecule has 1 radical (unpaired) electrons. The summed E-state index contributed by atoms with van der Waals surface area (Å²) < 4.78 is 11.7. The van der Waals surface area contributed by atoms with Crippen LogP contribution in [-0.4, -0.2) is 47.8 Å². The molecule has 2 saturated heterocycles. The molecule has 3 nitrogen and oxygen atoms in total. The lowest BCUT2D eigenvalue weighted by atomic mass is 9.95. The molecule has 0 aromatic carbocycles. The maximum absolute atomic E-state index is 9.02. The molecule has 3 aliphatic rings. The lowest BCUT2D eigenvalue weighted by Crippen LogP contribution is -2.42. The van der Waals surface area contributed by atoms with Crippen LogP contribution in [0.1, 0.15) is 20.3 Å². The fraction of sp³-hybridized carbons (Fsp3) is 0.833. The van der Waals surface area contributed by atoms with E-state index in [-0.39, 0.29) is 11.7 Å². The van der Waals surface area contributed by atoms with E-state index in [1.54, 1.807) is 11.8 Å². The number of rotatable bonds is 2. The Morgan fingerprint density at radius 2 is 2.06 bits per heavy atom. The van der Waals surface area contributed by atoms with Gasteiger partial charge in [0, 0.05) is 15.9 Å². The summed E-state index contributed by atoms with van der Waals surface area (Å²) in [7, 11) is 1.22. The van der Waals surface area contributed by atoms with Crippen LogP contribution < -0.4 is 0 Å². The first kappa shape index (κ1) is 13.4. The van der Waals surface area contributed by atoms with Crippen molar-refractivity contribution in [2.45, 2.75) is 42.3 Å². The van der Waals surface area contributed by atoms with Gasteiger partial charge in [-0.05, 0) is 11.2 Å². The second-order valence-corrected chi connectivity index (χ2v) is 8.62. The molecule has 3 atom stereocenters. The molecule has 3 heterocycles. The van der Waals surface area contributed by atoms with Crippen molar-refractivity contribution in [2.75, 3.05) is 13.2 Å². The molecule has 2 fully saturated rings. The van der Waals surface area contributed by atoms with Gasteiger partial charge in [-0.2, -0.15) is 0 Å². The van der Waals surface area contributed by atoms with Crippen molar-refractivity contribution in [2.24, 2.45) is 5.41 Å². The van der Waals surface area contributed by atoms with Crippen LogP contribution in [0.25, 0.3) is 0 Å². The standard InChI is InChI=1S/C12H18BO3S2/c1-12(2)5-15-11(16-6-12)9-3-7-8(17-9)4-10(13-14)18-7/h4,7-9,11,14H,3,5-6H2,1-2H3. The van der Waals surface area contributed by atoms with Gasteiger partial charge in [-0.15, -0.1) is 23.5 Å². The van der Waals surface area contributed by atoms with E-state index in [9.17, 15) is 0 Å². The van der Waals surface area contributed by atoms with Crippen molar-refractivity contribution in [3.05, 3.63) is 10.9 Å². The van der Waals surface area contributed by atoms with Gasteiger partial charge in [0.15, 0.2) is 6.29 Å². The van der Waals surface area contributed by atoms with E-state index in [0.717, 1.165) is 24.4 Å². The topological polar surface area (TPSA) is 38.7 Å². The van der Waals surface area contributed by atoms with Gasteiger partial charge in [0.25, 0.3) is 0 Å². The molecule has 0 spiro atoms. The molecule has 0 bridgehead atoms. The summed E-state index contributed by atoms with van der Waals surface area (Å²) in [5.41, 5.74) is 0.142. The molecule has 99 valence electrons. The van der Waals surface area contributed by atoms with Crippen molar-refractivity contribution in [3.8, 4) is 0 Å². The number of ether oxygens (including phenoxy) is 2. The zero-order chi connectivity index (χ0) is 12.8. The predicted molar refractivity (Wildman–Crippen MR) is 76.7 cm³/mol. The predicted octanol–water partition coefficient (Wildman–Crippen LogP) is 1.83. The molecule has 3 rings (SSSR count). The number of thioether (sulfide) groups is 2. The molecule has 6 heteroatoms. The molecule has 1 N–H and O–H groups in total. The van der Waals surface area contributed by atoms with Gasteiger partial charge in [0.05, 0.1) is 18.5 Å². The molecule has 18 heavy (non-hydrogen) atoms. The average molecular weight is 285 g/mol. The van der Waals surface area contributed by atoms with Crippen molar-refractivity contribution < 1.29 is 14.5 Å². The molecule has 0 aromatic rings. The van der Waals surface area contributed by atoms with Crippen molar-refractivity contribution in [1.82, 2.24) is 0 Å². The van der Waals surface area contributed by atoms with Gasteiger partial charge in [-0.25, -0.2) is 0 Å². The summed E-state index contributed by atoms with van der Waals surface area (Å²) in [6, 6.07) is 0. The van der Waals surface area contributed by atoms with E-state index >= 15 is 0 Å². The zero-order valence-corrected chi connectivity index (χ0v) is 12.3. The summed E-state index contributed by atoms with van der Waals surface area (Å²) >= 11 is 3.70. The Labute approximate surface area is 117 Å². The van der Waals surface area contributed by atoms with Crippen LogP contribution in [0.3, 0.4) is 0 Å². The Hall–Kier alpha value is 0.385. The summed E-state index contributed by atoms with van der Waals surface area (Å²) in [6.45, 7) is 5.90. The van der Waals surface area contributed by atoms with Gasteiger partial charge in [0.1, 0.15) is 0 Å². The van der Waals surface area contributed by atoms with Gasteiger partial charge >= 0.3 is 7.48 Å². The van der Waals surface area contributed by atoms with Crippen molar-refractivity contribution >= 4 is 31.0 Å². The van der Waals surface area contributed by atoms with E-state index in [1.807, 2.05) is 11.8 Å². The summed E-state index contributed by atoms with van der Waals surface area (Å²) in [6.07, 6.45) is 3.20. The van der Waals surface area contributed by atoms with Gasteiger partial charge in [-0.3, -0.25) is 0 Å². The van der Waals surface area contributed by atoms with E-state index < -0.39 is 0 Å². The fourth-order valence-corrected chi connectivity index (χ4v) is 5.75. The third-order valence-corrected chi connectivity index (χ3v) is 6.50. The van der Waals surface area contributed by atoms with Crippen LogP contribution >= 0.6 is 23.5 Å². The van der Waals surface area contributed by atoms with E-state index in [4.69, 9.17) is 14.5 Å². The van der Waals surface area contributed by atoms with E-state index in [2.05, 4.69) is 19.9 Å². The highest BCUT2D eigenvalue weighted by Gasteiger charge is 2.44. The van der Waals surface area contributed by atoms with Gasteiger partial charge < -0.3 is 14.5 Å². The highest BCUT2D eigenvalue weighted by molar-refractivity contribution is 8.08. The third kappa shape index (κ3) is 2.63. The summed E-state index contributed by atoms with van der Waals surface area (Å²) in [5.74, 6) is 0. The quantitative estimate of drug-likeness (QED) is 0.784. The van der Waals surface area contributed by atoms with Crippen LogP contribution in [0.2, 0.25) is 0 Å². The Balaban J connectivity index is 1.56. The lowest BCUT2D eigenvalue weighted by molar-refractivity contribution is -0.220. The van der Waals surface area contributed by atoms with E-state index in [0.29, 0.717) is 15.7 Å². The van der Waals surface area contributed by atoms with Gasteiger partial charge in [-0.1, -0.05) is 19.9 Å². The summed E-state index contributed by atoms with van der Waals surface area (Å²) in [4.78, 5) is 1.00. The first-order chi connectivity index (χ1) is 8.57. The molecule has 0 aromatic heterocycles. The van der Waals surface area contributed by atoms with Crippen molar-refractivity contribution in [3.63, 3.8) is 0 Å². The molecular formula is C12H18BO3S2. The minimum absolute atomic E-state index is 0.0517. The zero-order valence-electron chi connectivity index (χ0n) is 10.7. The monoisotopic (exact) mass is 285 g/mol. The lowest BCUT2D eigenvalue weighted by Gasteiger charge is -2.36. The van der Waals surface area contributed by atoms with Crippen LogP contribution in [0.15, 0.2) is 10.9 Å². The minimum atomic E-state index is -0.0517. The normalized spacial score (nSPS) is 39.5. The molecule has 0 aliphatic carbocycles. The summed E-state index contributed by atoms with van der Waals surface area (Å²) in [5, 5.41) is 10.5. The third-order valence-electron chi connectivity index (χ3n) is 3.49. The largest absolute Gasteiger partial charge is 0.449 e. The molecular weight excluding hydrogens is 267 g/mol. The second kappa shape index (κ2) is 5.06. The first-order valence-corrected chi connectivity index (χ1v) is 8.14. The SMILES string of the molecule is CC1(C)COC(C2CC3SC([B]O)=CC3S2)OC1. The van der Waals surface area contributed by atoms with Crippen LogP contribution in [0.5, 0.6) is 0 Å². The average Bonchev–Trinajstić information content (AvgIpc) is 2.86. The van der Waals surface area contributed by atoms with E-state index in [1.165, 1.54) is 7.48 Å². The smallest absolute Gasteiger partial charge is 0.333 e. The van der Waals surface area contributed by atoms with Crippen LogP contribution in [-0.2, 0) is 9.47 Å². The second-order valence-electron chi connectivity index (χ2n) is 5.88. The van der Waals surface area contributed by atoms with Crippen LogP contribution in [0.4, 0.5) is 0 Å².